The van der Waals surface area contributed by atoms with E-state index in [-0.39, 0.29) is 109 Å². The van der Waals surface area contributed by atoms with E-state index in [4.69, 9.17) is 26.2 Å². The first-order valence-corrected chi connectivity index (χ1v) is 31.8. The molecule has 0 unspecified atom stereocenters. The van der Waals surface area contributed by atoms with Crippen LogP contribution >= 0.6 is 11.6 Å². The second-order valence-electron chi connectivity index (χ2n) is 24.4. The number of pyridine rings is 2. The molecule has 2 saturated carbocycles. The number of benzene rings is 3. The number of rotatable bonds is 10. The van der Waals surface area contributed by atoms with E-state index in [1.807, 2.05) is 56.6 Å². The Labute approximate surface area is 530 Å². The number of carbonyl (C=O) groups excluding carboxylic acids is 2. The van der Waals surface area contributed by atoms with E-state index in [2.05, 4.69) is 36.2 Å². The van der Waals surface area contributed by atoms with Gasteiger partial charge in [0.1, 0.15) is 34.7 Å². The smallest absolute Gasteiger partial charge is 0.399 e. The minimum Gasteiger partial charge on any atom is -0.399 e. The van der Waals surface area contributed by atoms with Gasteiger partial charge in [0, 0.05) is 96.7 Å². The lowest BCUT2D eigenvalue weighted by atomic mass is 9.79. The number of nitriles is 2. The summed E-state index contributed by atoms with van der Waals surface area (Å²) in [4.78, 5) is 39.4. The molecule has 3 aliphatic heterocycles. The molecule has 2 aliphatic carbocycles. The summed E-state index contributed by atoms with van der Waals surface area (Å²) in [5, 5.41) is 31.1. The summed E-state index contributed by atoms with van der Waals surface area (Å²) < 4.78 is 125. The van der Waals surface area contributed by atoms with Crippen LogP contribution in [0.15, 0.2) is 78.0 Å². The number of hydrogen-bond acceptors (Lipinski definition) is 12. The fourth-order valence-electron chi connectivity index (χ4n) is 12.0. The highest BCUT2D eigenvalue weighted by Gasteiger charge is 2.53. The number of aromatic nitrogens is 4. The maximum Gasteiger partial charge on any atom is 0.497 e. The van der Waals surface area contributed by atoms with Crippen molar-refractivity contribution in [3.8, 4) is 23.4 Å². The van der Waals surface area contributed by atoms with Gasteiger partial charge in [0.15, 0.2) is 29.1 Å². The van der Waals surface area contributed by atoms with Gasteiger partial charge in [0.05, 0.1) is 44.0 Å². The van der Waals surface area contributed by atoms with Crippen molar-refractivity contribution in [2.24, 2.45) is 0 Å². The number of urea groups is 2. The van der Waals surface area contributed by atoms with Gasteiger partial charge < -0.3 is 45.4 Å². The van der Waals surface area contributed by atoms with Gasteiger partial charge in [-0.15, -0.1) is 0 Å². The third kappa shape index (κ3) is 14.8. The normalized spacial score (nSPS) is 20.1. The zero-order chi connectivity index (χ0) is 64.4. The van der Waals surface area contributed by atoms with Crippen LogP contribution in [-0.2, 0) is 19.3 Å². The number of hydrogen-bond donors (Lipinski definition) is 5. The molecule has 5 fully saturated rings. The van der Waals surface area contributed by atoms with Crippen molar-refractivity contribution in [3.05, 3.63) is 130 Å². The first-order chi connectivity index (χ1) is 42.8. The third-order valence-electron chi connectivity index (χ3n) is 17.5. The molecule has 12 rings (SSSR count). The topological polar surface area (TPSA) is 235 Å². The van der Waals surface area contributed by atoms with Crippen molar-refractivity contribution in [1.82, 2.24) is 39.4 Å². The van der Waals surface area contributed by atoms with Gasteiger partial charge in [-0.1, -0.05) is 36.7 Å². The van der Waals surface area contributed by atoms with Gasteiger partial charge >= 0.3 is 19.2 Å². The second kappa shape index (κ2) is 27.8. The number of likely N-dealkylation sites (tertiary alicyclic amines) is 2. The molecule has 5 N–H and O–H groups in total. The second-order valence-corrected chi connectivity index (χ2v) is 26.5. The van der Waals surface area contributed by atoms with Crippen LogP contribution in [0.4, 0.5) is 47.6 Å². The van der Waals surface area contributed by atoms with Crippen molar-refractivity contribution in [3.63, 3.8) is 0 Å². The lowest BCUT2D eigenvalue weighted by Gasteiger charge is -2.32. The number of fused-ring (bicyclic) bond motifs is 2. The maximum atomic E-state index is 14.9. The highest BCUT2D eigenvalue weighted by molar-refractivity contribution is 7.90. The minimum absolute atomic E-state index is 0. The molecule has 4 atom stereocenters. The molecule has 4 aromatic heterocycles. The molecule has 0 radical (unpaired) electrons. The molecule has 0 bridgehead atoms. The van der Waals surface area contributed by atoms with Gasteiger partial charge in [-0.25, -0.2) is 58.3 Å². The maximum absolute atomic E-state index is 14.9. The molecule has 3 saturated heterocycles. The molecular weight excluding hydrogens is 1230 g/mol. The first-order valence-electron chi connectivity index (χ1n) is 30.0. The number of H-pyrrole nitrogens is 1. The van der Waals surface area contributed by atoms with Gasteiger partial charge in [-0.2, -0.15) is 10.5 Å². The van der Waals surface area contributed by atoms with Gasteiger partial charge in [0.2, 0.25) is 0 Å². The summed E-state index contributed by atoms with van der Waals surface area (Å²) in [6, 6.07) is 15.6. The molecule has 3 aromatic carbocycles. The number of amides is 4. The Hall–Kier alpha value is -8.04. The van der Waals surface area contributed by atoms with E-state index in [1.54, 1.807) is 12.1 Å². The monoisotopic (exact) mass is 1300 g/mol. The standard InChI is InChI=1S/C25H25F3N6O.C21H22BF2NO4S.C17H21ClFN5O.CH4/c26-15-9-18-19(13-30-23(18)20(27)10-15)22-14(12-29)8-21(28)24(33-22)31-16-4-3-5-17(11-16)32-25(35)34-6-1-2-7-34;1-13-6-8-15(9-7-13)30(26,27)25-12-17(16-10-14(23)11-18(24)19(16)25)22-28-20(2,3)21(4,5)29-22;18-15-11(10-20)8-14(19)16(23-15)21-12-4-3-5-13(9-12)22-17(25)24-6-1-2-7-24;/h8-10,13,16-17,30H,1-7,11H2,(H,31,33)(H,32,35);6-12H,1-5H3;8,12-13H,1-7,9H2,(H,21,23)(H,22,25);1H4/t16-,17-;;12-,13-;/m1.1./s1. The molecule has 7 aromatic rings. The van der Waals surface area contributed by atoms with Crippen LogP contribution in [-0.4, -0.2) is 118 Å². The lowest BCUT2D eigenvalue weighted by Crippen LogP contribution is -2.47. The zero-order valence-electron chi connectivity index (χ0n) is 50.3. The quantitative estimate of drug-likeness (QED) is 0.0489. The lowest BCUT2D eigenvalue weighted by molar-refractivity contribution is 0.00578. The molecule has 5 aliphatic rings. The van der Waals surface area contributed by atoms with Crippen molar-refractivity contribution in [1.29, 1.82) is 10.5 Å². The number of anilines is 2. The molecule has 4 amide bonds. The largest absolute Gasteiger partial charge is 0.497 e. The molecule has 18 nitrogen and oxygen atoms in total. The average Bonchev–Trinajstić information content (AvgIpc) is 1.59. The van der Waals surface area contributed by atoms with Crippen molar-refractivity contribution in [2.45, 2.75) is 159 Å². The van der Waals surface area contributed by atoms with Crippen LogP contribution in [0, 0.1) is 64.5 Å². The fourth-order valence-corrected chi connectivity index (χ4v) is 13.5. The number of halogens is 7. The Morgan fingerprint density at radius 1 is 0.670 bits per heavy atom. The predicted octanol–water partition coefficient (Wildman–Crippen LogP) is 12.7. The van der Waals surface area contributed by atoms with Crippen LogP contribution in [0.3, 0.4) is 0 Å². The summed E-state index contributed by atoms with van der Waals surface area (Å²) in [7, 11) is -5.12. The highest BCUT2D eigenvalue weighted by Crippen LogP contribution is 2.39. The summed E-state index contributed by atoms with van der Waals surface area (Å²) in [5.74, 6) is -4.60. The molecular formula is C64H72BClF6N12O6S. The Morgan fingerprint density at radius 2 is 1.15 bits per heavy atom. The molecule has 0 spiro atoms. The van der Waals surface area contributed by atoms with Crippen LogP contribution in [0.25, 0.3) is 33.1 Å². The number of aryl methyl sites for hydroxylation is 1. The van der Waals surface area contributed by atoms with E-state index >= 15 is 0 Å². The summed E-state index contributed by atoms with van der Waals surface area (Å²) >= 11 is 5.89. The van der Waals surface area contributed by atoms with E-state index in [0.717, 1.165) is 130 Å². The van der Waals surface area contributed by atoms with Crippen LogP contribution in [0.1, 0.15) is 129 Å². The molecule has 27 heteroatoms. The minimum atomic E-state index is -4.14. The van der Waals surface area contributed by atoms with Crippen LogP contribution in [0.2, 0.25) is 5.15 Å². The Kier molecular flexibility index (Phi) is 20.6. The highest BCUT2D eigenvalue weighted by atomic mass is 35.5. The number of aromatic amines is 1. The van der Waals surface area contributed by atoms with E-state index in [9.17, 15) is 49.6 Å². The SMILES string of the molecule is C.Cc1ccc(S(=O)(=O)n2cc(B3OC(C)(C)C(C)(C)O3)c3cc(F)cc(F)c32)cc1.N#Cc1cc(F)c(N[C@@H]2CCC[C@@H](NC(=O)N3CCCC3)C2)nc1-c1c[nH]c2c(F)cc(F)cc12.N#Cc1cc(F)c(N[C@@H]2CCC[C@@H](NC(=O)N3CCCC3)C2)nc1Cl. The summed E-state index contributed by atoms with van der Waals surface area (Å²) in [6.45, 7) is 12.4. The van der Waals surface area contributed by atoms with E-state index in [1.165, 1.54) is 24.5 Å². The van der Waals surface area contributed by atoms with Crippen molar-refractivity contribution >= 4 is 79.7 Å². The van der Waals surface area contributed by atoms with Gasteiger partial charge in [0.25, 0.3) is 10.0 Å². The summed E-state index contributed by atoms with van der Waals surface area (Å²) in [6.07, 6.45) is 13.4. The van der Waals surface area contributed by atoms with Crippen molar-refractivity contribution in [2.75, 3.05) is 36.8 Å². The number of nitrogens with one attached hydrogen (secondary N) is 5. The number of nitrogens with zero attached hydrogens (tertiary/aromatic N) is 7. The first kappa shape index (κ1) is 67.4. The van der Waals surface area contributed by atoms with Gasteiger partial charge in [-0.05, 0) is 148 Å². The Morgan fingerprint density at radius 3 is 1.68 bits per heavy atom. The fraction of sp³-hybridized carbons (Fsp3) is 0.438. The van der Waals surface area contributed by atoms with E-state index in [0.29, 0.717) is 24.5 Å². The average molecular weight is 1300 g/mol. The summed E-state index contributed by atoms with van der Waals surface area (Å²) in [5.41, 5.74) is -0.0322. The number of carbonyl (C=O) groups is 2. The van der Waals surface area contributed by atoms with Gasteiger partial charge in [-0.3, -0.25) is 0 Å². The predicted molar refractivity (Wildman–Crippen MR) is 336 cm³/mol. The van der Waals surface area contributed by atoms with Crippen LogP contribution < -0.4 is 26.7 Å². The molecule has 482 valence electrons. The van der Waals surface area contributed by atoms with Crippen LogP contribution in [0.5, 0.6) is 0 Å². The van der Waals surface area contributed by atoms with E-state index < -0.39 is 63.2 Å². The van der Waals surface area contributed by atoms with Crippen molar-refractivity contribution < 1.29 is 53.7 Å². The Bertz CT molecular complexity index is 4040. The molecule has 7 heterocycles. The molecule has 91 heavy (non-hydrogen) atoms. The third-order valence-corrected chi connectivity index (χ3v) is 19.4. The Balaban J connectivity index is 0.000000163. The zero-order valence-corrected chi connectivity index (χ0v) is 51.8.